The number of hydrogen-bond acceptors (Lipinski definition) is 6. The first kappa shape index (κ1) is 21.7. The van der Waals surface area contributed by atoms with Crippen LogP contribution in [-0.4, -0.2) is 52.4 Å². The van der Waals surface area contributed by atoms with E-state index in [0.29, 0.717) is 36.2 Å². The van der Waals surface area contributed by atoms with Gasteiger partial charge in [-0.15, -0.1) is 0 Å². The molecule has 1 unspecified atom stereocenters. The van der Waals surface area contributed by atoms with E-state index in [1.807, 2.05) is 42.5 Å². The van der Waals surface area contributed by atoms with Gasteiger partial charge in [0, 0.05) is 60.1 Å². The molecule has 1 aliphatic heterocycles. The Bertz CT molecular complexity index is 1100. The summed E-state index contributed by atoms with van der Waals surface area (Å²) >= 11 is 5.96. The fraction of sp³-hybridized carbons (Fsp3) is 0.217. The van der Waals surface area contributed by atoms with Gasteiger partial charge in [-0.05, 0) is 42.5 Å². The summed E-state index contributed by atoms with van der Waals surface area (Å²) in [5, 5.41) is 7.05. The molecule has 1 fully saturated rings. The highest BCUT2D eigenvalue weighted by Gasteiger charge is 2.25. The summed E-state index contributed by atoms with van der Waals surface area (Å²) in [5.74, 6) is -0.00370. The third-order valence-corrected chi connectivity index (χ3v) is 5.43. The Morgan fingerprint density at radius 3 is 2.59 bits per heavy atom. The zero-order valence-corrected chi connectivity index (χ0v) is 18.0. The van der Waals surface area contributed by atoms with Crippen LogP contribution in [0.15, 0.2) is 60.8 Å². The molecule has 4 N–H and O–H groups in total. The number of rotatable bonds is 6. The molecule has 8 nitrogen and oxygen atoms in total. The Hall–Kier alpha value is -3.49. The second kappa shape index (κ2) is 9.76. The summed E-state index contributed by atoms with van der Waals surface area (Å²) in [5.41, 5.74) is 8.33. The molecule has 0 bridgehead atoms. The second-order valence-corrected chi connectivity index (χ2v) is 7.98. The van der Waals surface area contributed by atoms with Gasteiger partial charge in [-0.25, -0.2) is 9.97 Å². The Labute approximate surface area is 190 Å². The first-order valence-corrected chi connectivity index (χ1v) is 10.6. The van der Waals surface area contributed by atoms with Crippen molar-refractivity contribution in [3.05, 3.63) is 71.4 Å². The van der Waals surface area contributed by atoms with Crippen LogP contribution in [-0.2, 0) is 4.79 Å². The van der Waals surface area contributed by atoms with Crippen molar-refractivity contribution >= 4 is 35.1 Å². The van der Waals surface area contributed by atoms with Crippen LogP contribution in [0.25, 0.3) is 11.3 Å². The number of carbonyl (C=O) groups excluding carboxylic acids is 2. The number of amides is 2. The minimum Gasteiger partial charge on any atom is -0.370 e. The molecule has 32 heavy (non-hydrogen) atoms. The standard InChI is InChI=1S/C23H23ClN6O2/c24-17-5-1-15(2-6-17)20-9-10-27-23(29-20)28-18-7-3-16(4-8-18)22(32)30-12-11-26-19(14-30)13-21(25)31/h1-10,19,26H,11-14H2,(H2,25,31)(H,27,28,29). The number of aromatic nitrogens is 2. The Balaban J connectivity index is 1.42. The number of hydrogen-bond donors (Lipinski definition) is 3. The van der Waals surface area contributed by atoms with Crippen LogP contribution in [0.4, 0.5) is 11.6 Å². The van der Waals surface area contributed by atoms with Crippen molar-refractivity contribution in [2.45, 2.75) is 12.5 Å². The van der Waals surface area contributed by atoms with Gasteiger partial charge in [0.05, 0.1) is 5.69 Å². The van der Waals surface area contributed by atoms with Crippen LogP contribution in [0, 0.1) is 0 Å². The highest BCUT2D eigenvalue weighted by Crippen LogP contribution is 2.22. The van der Waals surface area contributed by atoms with Gasteiger partial charge in [-0.1, -0.05) is 23.7 Å². The van der Waals surface area contributed by atoms with Crippen LogP contribution in [0.5, 0.6) is 0 Å². The maximum absolute atomic E-state index is 12.9. The van der Waals surface area contributed by atoms with E-state index in [0.717, 1.165) is 16.9 Å². The molecule has 2 amide bonds. The lowest BCUT2D eigenvalue weighted by Gasteiger charge is -2.33. The van der Waals surface area contributed by atoms with Crippen LogP contribution < -0.4 is 16.4 Å². The van der Waals surface area contributed by atoms with Crippen molar-refractivity contribution in [1.29, 1.82) is 0 Å². The summed E-state index contributed by atoms with van der Waals surface area (Å²) in [6.45, 7) is 1.66. The molecule has 0 saturated carbocycles. The summed E-state index contributed by atoms with van der Waals surface area (Å²) in [6.07, 6.45) is 1.89. The second-order valence-electron chi connectivity index (χ2n) is 7.55. The lowest BCUT2D eigenvalue weighted by Crippen LogP contribution is -2.53. The van der Waals surface area contributed by atoms with Crippen LogP contribution in [0.2, 0.25) is 5.02 Å². The van der Waals surface area contributed by atoms with Crippen molar-refractivity contribution in [2.75, 3.05) is 25.0 Å². The molecule has 0 radical (unpaired) electrons. The maximum atomic E-state index is 12.9. The molecule has 2 heterocycles. The van der Waals surface area contributed by atoms with E-state index in [-0.39, 0.29) is 24.3 Å². The molecule has 1 aromatic heterocycles. The van der Waals surface area contributed by atoms with E-state index < -0.39 is 0 Å². The maximum Gasteiger partial charge on any atom is 0.253 e. The lowest BCUT2D eigenvalue weighted by atomic mass is 10.1. The number of primary amides is 1. The van der Waals surface area contributed by atoms with E-state index in [9.17, 15) is 9.59 Å². The molecule has 2 aromatic carbocycles. The molecule has 3 aromatic rings. The van der Waals surface area contributed by atoms with E-state index in [1.54, 1.807) is 23.2 Å². The van der Waals surface area contributed by atoms with Gasteiger partial charge < -0.3 is 21.3 Å². The van der Waals surface area contributed by atoms with Crippen LogP contribution in [0.1, 0.15) is 16.8 Å². The van der Waals surface area contributed by atoms with E-state index in [1.165, 1.54) is 0 Å². The normalized spacial score (nSPS) is 15.9. The number of nitrogens with two attached hydrogens (primary N) is 1. The third-order valence-electron chi connectivity index (χ3n) is 5.17. The Kier molecular flexibility index (Phi) is 6.63. The smallest absolute Gasteiger partial charge is 0.253 e. The predicted octanol–water partition coefficient (Wildman–Crippen LogP) is 2.83. The fourth-order valence-corrected chi connectivity index (χ4v) is 3.72. The van der Waals surface area contributed by atoms with Crippen molar-refractivity contribution < 1.29 is 9.59 Å². The molecule has 1 aliphatic rings. The van der Waals surface area contributed by atoms with Gasteiger partial charge in [-0.3, -0.25) is 9.59 Å². The molecule has 0 aliphatic carbocycles. The number of nitrogens with zero attached hydrogens (tertiary/aromatic N) is 3. The van der Waals surface area contributed by atoms with Crippen LogP contribution in [0.3, 0.4) is 0 Å². The molecule has 164 valence electrons. The first-order chi connectivity index (χ1) is 15.5. The molecule has 4 rings (SSSR count). The summed E-state index contributed by atoms with van der Waals surface area (Å²) in [6, 6.07) is 16.3. The number of carbonyl (C=O) groups is 2. The number of halogens is 1. The van der Waals surface area contributed by atoms with E-state index in [2.05, 4.69) is 20.6 Å². The number of anilines is 2. The van der Waals surface area contributed by atoms with Gasteiger partial charge in [0.1, 0.15) is 0 Å². The number of nitrogens with one attached hydrogen (secondary N) is 2. The van der Waals surface area contributed by atoms with Crippen molar-refractivity contribution in [3.8, 4) is 11.3 Å². The molecular formula is C23H23ClN6O2. The average molecular weight is 451 g/mol. The van der Waals surface area contributed by atoms with Gasteiger partial charge in [0.15, 0.2) is 0 Å². The minimum atomic E-state index is -0.380. The zero-order chi connectivity index (χ0) is 22.5. The first-order valence-electron chi connectivity index (χ1n) is 10.2. The largest absolute Gasteiger partial charge is 0.370 e. The van der Waals surface area contributed by atoms with E-state index in [4.69, 9.17) is 17.3 Å². The molecule has 9 heteroatoms. The number of benzene rings is 2. The van der Waals surface area contributed by atoms with Crippen LogP contribution >= 0.6 is 11.6 Å². The Morgan fingerprint density at radius 1 is 1.12 bits per heavy atom. The van der Waals surface area contributed by atoms with Gasteiger partial charge in [-0.2, -0.15) is 0 Å². The SMILES string of the molecule is NC(=O)CC1CN(C(=O)c2ccc(Nc3nccc(-c4ccc(Cl)cc4)n3)cc2)CCN1. The monoisotopic (exact) mass is 450 g/mol. The molecule has 1 saturated heterocycles. The molecule has 1 atom stereocenters. The highest BCUT2D eigenvalue weighted by molar-refractivity contribution is 6.30. The summed E-state index contributed by atoms with van der Waals surface area (Å²) in [7, 11) is 0. The van der Waals surface area contributed by atoms with Gasteiger partial charge >= 0.3 is 0 Å². The number of piperazine rings is 1. The Morgan fingerprint density at radius 2 is 1.88 bits per heavy atom. The lowest BCUT2D eigenvalue weighted by molar-refractivity contribution is -0.118. The van der Waals surface area contributed by atoms with Crippen molar-refractivity contribution in [1.82, 2.24) is 20.2 Å². The zero-order valence-electron chi connectivity index (χ0n) is 17.3. The van der Waals surface area contributed by atoms with E-state index >= 15 is 0 Å². The predicted molar refractivity (Wildman–Crippen MR) is 124 cm³/mol. The minimum absolute atomic E-state index is 0.0755. The fourth-order valence-electron chi connectivity index (χ4n) is 3.60. The average Bonchev–Trinajstić information content (AvgIpc) is 2.79. The topological polar surface area (TPSA) is 113 Å². The molecular weight excluding hydrogens is 428 g/mol. The quantitative estimate of drug-likeness (QED) is 0.532. The summed E-state index contributed by atoms with van der Waals surface area (Å²) < 4.78 is 0. The van der Waals surface area contributed by atoms with Gasteiger partial charge in [0.2, 0.25) is 11.9 Å². The highest BCUT2D eigenvalue weighted by atomic mass is 35.5. The summed E-state index contributed by atoms with van der Waals surface area (Å²) in [4.78, 5) is 34.6. The van der Waals surface area contributed by atoms with Crippen molar-refractivity contribution in [2.24, 2.45) is 5.73 Å². The third kappa shape index (κ3) is 5.40. The van der Waals surface area contributed by atoms with Crippen molar-refractivity contribution in [3.63, 3.8) is 0 Å². The molecule has 0 spiro atoms. The van der Waals surface area contributed by atoms with Gasteiger partial charge in [0.25, 0.3) is 5.91 Å².